The molecule has 1 aliphatic rings. The van der Waals surface area contributed by atoms with Gasteiger partial charge in [-0.15, -0.1) is 6.58 Å². The van der Waals surface area contributed by atoms with Crippen LogP contribution in [-0.4, -0.2) is 24.2 Å². The highest BCUT2D eigenvalue weighted by Gasteiger charge is 2.27. The van der Waals surface area contributed by atoms with E-state index in [-0.39, 0.29) is 5.92 Å². The lowest BCUT2D eigenvalue weighted by molar-refractivity contribution is -0.141. The van der Waals surface area contributed by atoms with Gasteiger partial charge in [-0.25, -0.2) is 0 Å². The standard InChI is InChI=1S/C13H15NO2/c1-2-7-14-9-11(13(15)16)8-10-5-3-4-6-12(10)14/h2-6,11H,1,7-9H2,(H,15,16). The quantitative estimate of drug-likeness (QED) is 0.786. The monoisotopic (exact) mass is 217 g/mol. The molecule has 0 aromatic heterocycles. The Labute approximate surface area is 95.0 Å². The number of rotatable bonds is 3. The fourth-order valence-electron chi connectivity index (χ4n) is 2.18. The van der Waals surface area contributed by atoms with Gasteiger partial charge in [0.25, 0.3) is 0 Å². The molecule has 0 radical (unpaired) electrons. The van der Waals surface area contributed by atoms with E-state index in [0.717, 1.165) is 11.3 Å². The van der Waals surface area contributed by atoms with E-state index in [9.17, 15) is 4.79 Å². The van der Waals surface area contributed by atoms with E-state index in [0.29, 0.717) is 19.5 Å². The van der Waals surface area contributed by atoms with Gasteiger partial charge in [-0.3, -0.25) is 4.79 Å². The molecule has 3 nitrogen and oxygen atoms in total. The highest BCUT2D eigenvalue weighted by Crippen LogP contribution is 2.29. The molecule has 1 atom stereocenters. The SMILES string of the molecule is C=CCN1CC(C(=O)O)Cc2ccccc21. The molecule has 1 N–H and O–H groups in total. The highest BCUT2D eigenvalue weighted by atomic mass is 16.4. The Morgan fingerprint density at radius 3 is 3.00 bits per heavy atom. The van der Waals surface area contributed by atoms with Gasteiger partial charge in [-0.05, 0) is 18.1 Å². The van der Waals surface area contributed by atoms with Gasteiger partial charge in [0.2, 0.25) is 0 Å². The van der Waals surface area contributed by atoms with Gasteiger partial charge in [0.1, 0.15) is 0 Å². The van der Waals surface area contributed by atoms with E-state index in [1.165, 1.54) is 0 Å². The fraction of sp³-hybridized carbons (Fsp3) is 0.308. The molecule has 84 valence electrons. The number of benzene rings is 1. The molecule has 3 heteroatoms. The van der Waals surface area contributed by atoms with Gasteiger partial charge in [-0.2, -0.15) is 0 Å². The van der Waals surface area contributed by atoms with Crippen LogP contribution < -0.4 is 4.90 Å². The molecular weight excluding hydrogens is 202 g/mol. The molecule has 1 aromatic rings. The second-order valence-corrected chi connectivity index (χ2v) is 4.06. The molecule has 0 bridgehead atoms. The molecule has 0 amide bonds. The molecule has 0 aliphatic carbocycles. The molecule has 2 rings (SSSR count). The predicted octanol–water partition coefficient (Wildman–Crippen LogP) is 1.94. The fourth-order valence-corrected chi connectivity index (χ4v) is 2.18. The summed E-state index contributed by atoms with van der Waals surface area (Å²) in [6, 6.07) is 7.97. The molecule has 0 saturated carbocycles. The van der Waals surface area contributed by atoms with Crippen molar-refractivity contribution in [1.82, 2.24) is 0 Å². The Morgan fingerprint density at radius 1 is 1.56 bits per heavy atom. The minimum atomic E-state index is -0.719. The van der Waals surface area contributed by atoms with Crippen molar-refractivity contribution in [3.05, 3.63) is 42.5 Å². The Kier molecular flexibility index (Phi) is 2.95. The van der Waals surface area contributed by atoms with Crippen molar-refractivity contribution in [2.24, 2.45) is 5.92 Å². The molecule has 0 fully saturated rings. The van der Waals surface area contributed by atoms with Gasteiger partial charge in [0, 0.05) is 18.8 Å². The topological polar surface area (TPSA) is 40.5 Å². The molecule has 0 spiro atoms. The van der Waals surface area contributed by atoms with Gasteiger partial charge < -0.3 is 10.0 Å². The summed E-state index contributed by atoms with van der Waals surface area (Å²) in [6.45, 7) is 4.97. The van der Waals surface area contributed by atoms with Crippen molar-refractivity contribution < 1.29 is 9.90 Å². The lowest BCUT2D eigenvalue weighted by atomic mass is 9.92. The summed E-state index contributed by atoms with van der Waals surface area (Å²) in [5.41, 5.74) is 2.25. The number of carbonyl (C=O) groups is 1. The van der Waals surface area contributed by atoms with E-state index in [1.54, 1.807) is 6.08 Å². The third-order valence-electron chi connectivity index (χ3n) is 2.94. The molecule has 1 aromatic carbocycles. The summed E-state index contributed by atoms with van der Waals surface area (Å²) in [5, 5.41) is 9.10. The zero-order valence-electron chi connectivity index (χ0n) is 9.10. The second kappa shape index (κ2) is 4.39. The maximum absolute atomic E-state index is 11.1. The normalized spacial score (nSPS) is 19.0. The van der Waals surface area contributed by atoms with E-state index >= 15 is 0 Å². The summed E-state index contributed by atoms with van der Waals surface area (Å²) in [6.07, 6.45) is 2.43. The van der Waals surface area contributed by atoms with Crippen LogP contribution in [0, 0.1) is 5.92 Å². The lowest BCUT2D eigenvalue weighted by Crippen LogP contribution is -2.38. The van der Waals surface area contributed by atoms with Crippen LogP contribution in [0.15, 0.2) is 36.9 Å². The number of nitrogens with zero attached hydrogens (tertiary/aromatic N) is 1. The minimum Gasteiger partial charge on any atom is -0.481 e. The van der Waals surface area contributed by atoms with Crippen molar-refractivity contribution in [3.63, 3.8) is 0 Å². The largest absolute Gasteiger partial charge is 0.481 e. The highest BCUT2D eigenvalue weighted by molar-refractivity contribution is 5.74. The molecule has 1 aliphatic heterocycles. The van der Waals surface area contributed by atoms with Crippen LogP contribution >= 0.6 is 0 Å². The van der Waals surface area contributed by atoms with E-state index < -0.39 is 5.97 Å². The Balaban J connectivity index is 2.33. The van der Waals surface area contributed by atoms with Crippen molar-refractivity contribution in [2.45, 2.75) is 6.42 Å². The number of hydrogen-bond acceptors (Lipinski definition) is 2. The van der Waals surface area contributed by atoms with Crippen LogP contribution in [0.1, 0.15) is 5.56 Å². The van der Waals surface area contributed by atoms with Crippen molar-refractivity contribution in [3.8, 4) is 0 Å². The average Bonchev–Trinajstić information content (AvgIpc) is 2.29. The number of carboxylic acid groups (broad SMARTS) is 1. The van der Waals surface area contributed by atoms with E-state index in [1.807, 2.05) is 24.3 Å². The number of fused-ring (bicyclic) bond motifs is 1. The van der Waals surface area contributed by atoms with Gasteiger partial charge in [0.15, 0.2) is 0 Å². The van der Waals surface area contributed by atoms with Gasteiger partial charge >= 0.3 is 5.97 Å². The number of aliphatic carboxylic acids is 1. The smallest absolute Gasteiger partial charge is 0.308 e. The first-order valence-electron chi connectivity index (χ1n) is 5.39. The average molecular weight is 217 g/mol. The summed E-state index contributed by atoms with van der Waals surface area (Å²) in [7, 11) is 0. The van der Waals surface area contributed by atoms with Crippen molar-refractivity contribution in [1.29, 1.82) is 0 Å². The third-order valence-corrected chi connectivity index (χ3v) is 2.94. The predicted molar refractivity (Wildman–Crippen MR) is 63.7 cm³/mol. The van der Waals surface area contributed by atoms with Crippen LogP contribution in [0.3, 0.4) is 0 Å². The zero-order chi connectivity index (χ0) is 11.5. The Bertz CT molecular complexity index is 414. The van der Waals surface area contributed by atoms with Crippen LogP contribution in [-0.2, 0) is 11.2 Å². The molecule has 1 heterocycles. The minimum absolute atomic E-state index is 0.310. The maximum atomic E-state index is 11.1. The van der Waals surface area contributed by atoms with Crippen LogP contribution in [0.5, 0.6) is 0 Å². The first-order valence-corrected chi connectivity index (χ1v) is 5.39. The summed E-state index contributed by atoms with van der Waals surface area (Å²) in [4.78, 5) is 13.1. The molecule has 1 unspecified atom stereocenters. The van der Waals surface area contributed by atoms with Crippen molar-refractivity contribution >= 4 is 11.7 Å². The van der Waals surface area contributed by atoms with Gasteiger partial charge in [0.05, 0.1) is 5.92 Å². The summed E-state index contributed by atoms with van der Waals surface area (Å²) >= 11 is 0. The number of para-hydroxylation sites is 1. The number of hydrogen-bond donors (Lipinski definition) is 1. The van der Waals surface area contributed by atoms with Crippen LogP contribution in [0.4, 0.5) is 5.69 Å². The Morgan fingerprint density at radius 2 is 2.31 bits per heavy atom. The zero-order valence-corrected chi connectivity index (χ0v) is 9.10. The summed E-state index contributed by atoms with van der Waals surface area (Å²) < 4.78 is 0. The first kappa shape index (κ1) is 10.7. The Hall–Kier alpha value is -1.77. The lowest BCUT2D eigenvalue weighted by Gasteiger charge is -2.33. The van der Waals surface area contributed by atoms with E-state index in [2.05, 4.69) is 11.5 Å². The second-order valence-electron chi connectivity index (χ2n) is 4.06. The van der Waals surface area contributed by atoms with Crippen LogP contribution in [0.2, 0.25) is 0 Å². The number of anilines is 1. The van der Waals surface area contributed by atoms with Crippen molar-refractivity contribution in [2.75, 3.05) is 18.0 Å². The van der Waals surface area contributed by atoms with E-state index in [4.69, 9.17) is 5.11 Å². The first-order chi connectivity index (χ1) is 7.72. The molecule has 0 saturated heterocycles. The molecule has 16 heavy (non-hydrogen) atoms. The number of carboxylic acids is 1. The molecular formula is C13H15NO2. The van der Waals surface area contributed by atoms with Crippen LogP contribution in [0.25, 0.3) is 0 Å². The maximum Gasteiger partial charge on any atom is 0.308 e. The van der Waals surface area contributed by atoms with Gasteiger partial charge in [-0.1, -0.05) is 24.3 Å². The third kappa shape index (κ3) is 1.94. The summed E-state index contributed by atoms with van der Waals surface area (Å²) in [5.74, 6) is -1.03.